The number of carbonyl (C=O) groups excluding carboxylic acids is 8. The predicted octanol–water partition coefficient (Wildman–Crippen LogP) is -3.24. The van der Waals surface area contributed by atoms with Crippen LogP contribution >= 0.6 is 0 Å². The Hall–Kier alpha value is -5.67. The van der Waals surface area contributed by atoms with Crippen molar-refractivity contribution >= 4 is 65.0 Å². The second kappa shape index (κ2) is 24.0. The fourth-order valence-electron chi connectivity index (χ4n) is 5.74. The zero-order valence-corrected chi connectivity index (χ0v) is 31.8. The van der Waals surface area contributed by atoms with Gasteiger partial charge in [-0.1, -0.05) is 27.2 Å². The molecule has 22 nitrogen and oxygen atoms in total. The number of Topliss-reactive ketones (excluding diaryl/α,β-unsaturated/α-hetero) is 1. The highest BCUT2D eigenvalue weighted by molar-refractivity contribution is 6.38. The van der Waals surface area contributed by atoms with Crippen LogP contribution in [0.5, 0.6) is 0 Å². The molecule has 1 rings (SSSR count). The standard InChI is InChI=1S/C34H53N7O15/c1-5-7-19(28(50)33(55)35-16-26(48)49)37-32(54)23-8-6-14-41(23)34(56)27(17(2)3)40-31(53)22(13-15-42)39-30(52)21(10-12-25(46)47)38-29(51)20(36-18(4)43)9-11-24(44)45/h17,19-23,27,42H,5-16H2,1-4H3,(H,35,55)(H,36,43)(H,37,54)(H,38,51)(H,39,52)(H,40,53)(H,44,45)(H,46,47)(H,48,49)/t19-,20-,21-,22-,23-,27-/m0/s1. The third-order valence-corrected chi connectivity index (χ3v) is 8.57. The summed E-state index contributed by atoms with van der Waals surface area (Å²) < 4.78 is 0. The number of hydrogen-bond acceptors (Lipinski definition) is 12. The largest absolute Gasteiger partial charge is 0.481 e. The van der Waals surface area contributed by atoms with Crippen LogP contribution in [-0.2, 0) is 52.7 Å². The van der Waals surface area contributed by atoms with Crippen molar-refractivity contribution in [3.8, 4) is 0 Å². The summed E-state index contributed by atoms with van der Waals surface area (Å²) in [5.74, 6) is -12.1. The van der Waals surface area contributed by atoms with E-state index in [1.54, 1.807) is 20.8 Å². The fourth-order valence-corrected chi connectivity index (χ4v) is 5.74. The number of nitrogens with zero attached hydrogens (tertiary/aromatic N) is 1. The first kappa shape index (κ1) is 48.3. The molecule has 1 aliphatic rings. The molecule has 0 saturated carbocycles. The van der Waals surface area contributed by atoms with Crippen molar-refractivity contribution in [3.63, 3.8) is 0 Å². The number of nitrogens with one attached hydrogen (secondary N) is 6. The third-order valence-electron chi connectivity index (χ3n) is 8.57. The number of hydrogen-bond donors (Lipinski definition) is 10. The Morgan fingerprint density at radius 1 is 0.679 bits per heavy atom. The minimum atomic E-state index is -1.60. The number of carboxylic acids is 3. The SMILES string of the molecule is CCC[C@H](NC(=O)[C@@H]1CCCN1C(=O)[C@@H](NC(=O)[C@H](CCO)NC(=O)[C@H](CCC(=O)O)NC(=O)[C@H](CCC(=O)O)NC(C)=O)C(C)C)C(=O)C(=O)NCC(=O)O. The minimum Gasteiger partial charge on any atom is -0.481 e. The molecule has 0 aliphatic carbocycles. The molecular weight excluding hydrogens is 746 g/mol. The first-order valence-electron chi connectivity index (χ1n) is 18.1. The average molecular weight is 800 g/mol. The Kier molecular flexibility index (Phi) is 20.7. The predicted molar refractivity (Wildman–Crippen MR) is 191 cm³/mol. The molecule has 22 heteroatoms. The van der Waals surface area contributed by atoms with Crippen LogP contribution in [0.2, 0.25) is 0 Å². The van der Waals surface area contributed by atoms with E-state index in [1.165, 1.54) is 4.90 Å². The molecule has 1 saturated heterocycles. The summed E-state index contributed by atoms with van der Waals surface area (Å²) in [6.07, 6.45) is -1.49. The number of likely N-dealkylation sites (tertiary alicyclic amines) is 1. The van der Waals surface area contributed by atoms with Gasteiger partial charge in [0.05, 0.1) is 6.04 Å². The van der Waals surface area contributed by atoms with Gasteiger partial charge >= 0.3 is 17.9 Å². The average Bonchev–Trinajstić information content (AvgIpc) is 3.61. The van der Waals surface area contributed by atoms with Crippen molar-refractivity contribution in [2.45, 2.75) is 122 Å². The molecule has 0 aromatic rings. The number of amides is 7. The molecular formula is C34H53N7O15. The number of aliphatic hydroxyl groups excluding tert-OH is 1. The van der Waals surface area contributed by atoms with Gasteiger partial charge in [0, 0.05) is 32.9 Å². The number of ketones is 1. The highest BCUT2D eigenvalue weighted by atomic mass is 16.4. The van der Waals surface area contributed by atoms with Gasteiger partial charge in [0.1, 0.15) is 36.8 Å². The summed E-state index contributed by atoms with van der Waals surface area (Å²) in [6, 6.07) is -8.26. The van der Waals surface area contributed by atoms with Crippen LogP contribution in [0.15, 0.2) is 0 Å². The molecule has 10 N–H and O–H groups in total. The number of carbonyl (C=O) groups is 11. The van der Waals surface area contributed by atoms with E-state index in [9.17, 15) is 63.0 Å². The van der Waals surface area contributed by atoms with Gasteiger partial charge in [0.25, 0.3) is 5.91 Å². The summed E-state index contributed by atoms with van der Waals surface area (Å²) in [4.78, 5) is 138. The number of aliphatic carboxylic acids is 3. The Labute approximate surface area is 322 Å². The van der Waals surface area contributed by atoms with Gasteiger partial charge in [-0.25, -0.2) is 0 Å². The normalized spacial score (nSPS) is 16.2. The maximum atomic E-state index is 13.9. The smallest absolute Gasteiger partial charge is 0.322 e. The lowest BCUT2D eigenvalue weighted by Gasteiger charge is -2.32. The van der Waals surface area contributed by atoms with Crippen molar-refractivity contribution in [3.05, 3.63) is 0 Å². The van der Waals surface area contributed by atoms with E-state index >= 15 is 0 Å². The van der Waals surface area contributed by atoms with E-state index in [4.69, 9.17) is 10.2 Å². The second-order valence-corrected chi connectivity index (χ2v) is 13.5. The molecule has 0 spiro atoms. The highest BCUT2D eigenvalue weighted by Gasteiger charge is 2.41. The number of aliphatic hydroxyl groups is 1. The molecule has 7 amide bonds. The zero-order chi connectivity index (χ0) is 42.7. The van der Waals surface area contributed by atoms with Gasteiger partial charge in [-0.2, -0.15) is 0 Å². The molecule has 1 aliphatic heterocycles. The molecule has 6 atom stereocenters. The van der Waals surface area contributed by atoms with Crippen LogP contribution in [0, 0.1) is 5.92 Å². The van der Waals surface area contributed by atoms with Crippen molar-refractivity contribution in [1.82, 2.24) is 36.8 Å². The molecule has 0 aromatic carbocycles. The molecule has 0 radical (unpaired) electrons. The van der Waals surface area contributed by atoms with E-state index in [0.29, 0.717) is 12.8 Å². The van der Waals surface area contributed by atoms with Gasteiger partial charge in [-0.15, -0.1) is 0 Å². The van der Waals surface area contributed by atoms with Crippen LogP contribution in [0.1, 0.15) is 85.5 Å². The third kappa shape index (κ3) is 16.4. The lowest BCUT2D eigenvalue weighted by molar-refractivity contribution is -0.145. The molecule has 0 aromatic heterocycles. The molecule has 1 fully saturated rings. The van der Waals surface area contributed by atoms with Gasteiger partial charge in [-0.3, -0.25) is 52.7 Å². The van der Waals surface area contributed by atoms with Crippen molar-refractivity contribution in [2.75, 3.05) is 19.7 Å². The maximum Gasteiger partial charge on any atom is 0.322 e. The lowest BCUT2D eigenvalue weighted by atomic mass is 10.0. The van der Waals surface area contributed by atoms with Gasteiger partial charge in [-0.05, 0) is 44.4 Å². The summed E-state index contributed by atoms with van der Waals surface area (Å²) in [7, 11) is 0. The Balaban J connectivity index is 3.21. The first-order chi connectivity index (χ1) is 26.2. The number of carboxylic acid groups (broad SMARTS) is 3. The van der Waals surface area contributed by atoms with E-state index in [2.05, 4.69) is 26.6 Å². The molecule has 0 bridgehead atoms. The first-order valence-corrected chi connectivity index (χ1v) is 18.1. The van der Waals surface area contributed by atoms with E-state index in [1.807, 2.05) is 5.32 Å². The summed E-state index contributed by atoms with van der Waals surface area (Å²) in [5, 5.41) is 50.6. The van der Waals surface area contributed by atoms with E-state index in [-0.39, 0.29) is 25.8 Å². The Morgan fingerprint density at radius 2 is 1.20 bits per heavy atom. The highest BCUT2D eigenvalue weighted by Crippen LogP contribution is 2.21. The van der Waals surface area contributed by atoms with E-state index < -0.39 is 146 Å². The maximum absolute atomic E-state index is 13.9. The molecule has 314 valence electrons. The lowest BCUT2D eigenvalue weighted by Crippen LogP contribution is -2.60. The summed E-state index contributed by atoms with van der Waals surface area (Å²) in [5.41, 5.74) is 0. The monoisotopic (exact) mass is 799 g/mol. The van der Waals surface area contributed by atoms with Gasteiger partial charge in [0.2, 0.25) is 41.2 Å². The van der Waals surface area contributed by atoms with Crippen LogP contribution in [0.4, 0.5) is 0 Å². The van der Waals surface area contributed by atoms with Crippen molar-refractivity contribution < 1.29 is 73.2 Å². The molecule has 0 unspecified atom stereocenters. The Morgan fingerprint density at radius 3 is 1.66 bits per heavy atom. The zero-order valence-electron chi connectivity index (χ0n) is 31.8. The van der Waals surface area contributed by atoms with Crippen LogP contribution in [-0.4, -0.2) is 146 Å². The minimum absolute atomic E-state index is 0.0375. The van der Waals surface area contributed by atoms with Gasteiger partial charge < -0.3 is 57.2 Å². The molecule has 1 heterocycles. The van der Waals surface area contributed by atoms with E-state index in [0.717, 1.165) is 6.92 Å². The van der Waals surface area contributed by atoms with Crippen molar-refractivity contribution in [1.29, 1.82) is 0 Å². The summed E-state index contributed by atoms with van der Waals surface area (Å²) in [6.45, 7) is 4.56. The van der Waals surface area contributed by atoms with Crippen LogP contribution in [0.25, 0.3) is 0 Å². The second-order valence-electron chi connectivity index (χ2n) is 13.5. The topological polar surface area (TPSA) is 344 Å². The summed E-state index contributed by atoms with van der Waals surface area (Å²) >= 11 is 0. The number of rotatable bonds is 25. The van der Waals surface area contributed by atoms with Crippen LogP contribution in [0.3, 0.4) is 0 Å². The molecule has 56 heavy (non-hydrogen) atoms. The Bertz CT molecular complexity index is 1490. The van der Waals surface area contributed by atoms with Gasteiger partial charge in [0.15, 0.2) is 0 Å². The fraction of sp³-hybridized carbons (Fsp3) is 0.676. The van der Waals surface area contributed by atoms with Crippen molar-refractivity contribution in [2.24, 2.45) is 5.92 Å². The van der Waals surface area contributed by atoms with Crippen LogP contribution < -0.4 is 31.9 Å². The quantitative estimate of drug-likeness (QED) is 0.0406.